The van der Waals surface area contributed by atoms with Crippen molar-refractivity contribution in [2.24, 2.45) is 7.05 Å². The maximum atomic E-state index is 12.5. The molecule has 0 spiro atoms. The van der Waals surface area contributed by atoms with Gasteiger partial charge in [-0.05, 0) is 45.0 Å². The molecular formula is C20H24N6O3S2. The van der Waals surface area contributed by atoms with Crippen molar-refractivity contribution >= 4 is 40.0 Å². The number of rotatable bonds is 8. The van der Waals surface area contributed by atoms with E-state index in [0.29, 0.717) is 27.4 Å². The number of amides is 2. The van der Waals surface area contributed by atoms with Crippen LogP contribution >= 0.6 is 23.1 Å². The molecule has 0 radical (unpaired) electrons. The summed E-state index contributed by atoms with van der Waals surface area (Å²) >= 11 is 2.72. The molecule has 2 amide bonds. The number of thiazole rings is 1. The van der Waals surface area contributed by atoms with E-state index in [-0.39, 0.29) is 23.6 Å². The van der Waals surface area contributed by atoms with Crippen LogP contribution in [-0.2, 0) is 11.8 Å². The molecule has 0 saturated heterocycles. The summed E-state index contributed by atoms with van der Waals surface area (Å²) in [4.78, 5) is 30.1. The van der Waals surface area contributed by atoms with E-state index in [2.05, 4.69) is 25.8 Å². The number of aryl methyl sites for hydroxylation is 2. The highest BCUT2D eigenvalue weighted by molar-refractivity contribution is 7.99. The Morgan fingerprint density at radius 3 is 2.55 bits per heavy atom. The van der Waals surface area contributed by atoms with Crippen LogP contribution in [0.15, 0.2) is 29.4 Å². The van der Waals surface area contributed by atoms with E-state index in [1.807, 2.05) is 20.8 Å². The first kappa shape index (κ1) is 22.8. The van der Waals surface area contributed by atoms with Gasteiger partial charge in [0.2, 0.25) is 5.91 Å². The van der Waals surface area contributed by atoms with Gasteiger partial charge in [-0.1, -0.05) is 11.8 Å². The van der Waals surface area contributed by atoms with Crippen molar-refractivity contribution in [3.63, 3.8) is 0 Å². The predicted molar refractivity (Wildman–Crippen MR) is 121 cm³/mol. The third-order valence-electron chi connectivity index (χ3n) is 4.56. The second-order valence-electron chi connectivity index (χ2n) is 6.82. The molecule has 9 nitrogen and oxygen atoms in total. The van der Waals surface area contributed by atoms with Crippen molar-refractivity contribution in [2.75, 3.05) is 18.2 Å². The molecular weight excluding hydrogens is 436 g/mol. The zero-order valence-corrected chi connectivity index (χ0v) is 19.6. The summed E-state index contributed by atoms with van der Waals surface area (Å²) in [5.41, 5.74) is 1.44. The van der Waals surface area contributed by atoms with Crippen LogP contribution in [0.1, 0.15) is 39.7 Å². The fourth-order valence-electron chi connectivity index (χ4n) is 2.73. The number of nitrogens with zero attached hydrogens (tertiary/aromatic N) is 4. The molecule has 31 heavy (non-hydrogen) atoms. The molecule has 0 aliphatic carbocycles. The van der Waals surface area contributed by atoms with Crippen molar-refractivity contribution in [1.82, 2.24) is 25.1 Å². The summed E-state index contributed by atoms with van der Waals surface area (Å²) in [6, 6.07) is 6.49. The van der Waals surface area contributed by atoms with Gasteiger partial charge < -0.3 is 19.9 Å². The van der Waals surface area contributed by atoms with Crippen molar-refractivity contribution in [3.05, 3.63) is 46.2 Å². The number of hydrogen-bond acceptors (Lipinski definition) is 8. The number of ether oxygens (including phenoxy) is 1. The Morgan fingerprint density at radius 2 is 1.94 bits per heavy atom. The van der Waals surface area contributed by atoms with Crippen LogP contribution < -0.4 is 15.4 Å². The Labute approximate surface area is 188 Å². The van der Waals surface area contributed by atoms with Crippen LogP contribution in [0, 0.1) is 13.8 Å². The first-order valence-corrected chi connectivity index (χ1v) is 11.3. The number of aromatic nitrogens is 4. The largest absolute Gasteiger partial charge is 0.497 e. The van der Waals surface area contributed by atoms with E-state index in [1.54, 1.807) is 43.0 Å². The number of thioether (sulfide) groups is 1. The number of nitrogens with one attached hydrogen (secondary N) is 2. The highest BCUT2D eigenvalue weighted by atomic mass is 32.2. The lowest BCUT2D eigenvalue weighted by atomic mass is 10.2. The van der Waals surface area contributed by atoms with Crippen LogP contribution in [-0.4, -0.2) is 44.4 Å². The standard InChI is InChI=1S/C20H24N6O3S2/c1-11-13(3)31-19(22-11)23-16(27)10-30-20-25-24-17(26(20)4)12(2)21-18(28)14-6-8-15(29-5)9-7-14/h6-9,12H,10H2,1-5H3,(H,21,28)(H,22,23,27)/t12-/m0/s1. The maximum absolute atomic E-state index is 12.5. The minimum absolute atomic E-state index is 0.163. The van der Waals surface area contributed by atoms with Gasteiger partial charge >= 0.3 is 0 Å². The zero-order chi connectivity index (χ0) is 22.5. The lowest BCUT2D eigenvalue weighted by Crippen LogP contribution is -2.28. The van der Waals surface area contributed by atoms with Crippen LogP contribution in [0.3, 0.4) is 0 Å². The Balaban J connectivity index is 1.56. The molecule has 3 aromatic rings. The normalized spacial score (nSPS) is 11.8. The first-order valence-electron chi connectivity index (χ1n) is 9.49. The molecule has 2 aromatic heterocycles. The number of benzene rings is 1. The van der Waals surface area contributed by atoms with Crippen LogP contribution in [0.25, 0.3) is 0 Å². The Kier molecular flexibility index (Phi) is 7.29. The molecule has 0 bridgehead atoms. The molecule has 11 heteroatoms. The van der Waals surface area contributed by atoms with E-state index in [9.17, 15) is 9.59 Å². The van der Waals surface area contributed by atoms with E-state index >= 15 is 0 Å². The van der Waals surface area contributed by atoms with E-state index in [0.717, 1.165) is 10.6 Å². The molecule has 0 fully saturated rings. The predicted octanol–water partition coefficient (Wildman–Crippen LogP) is 3.12. The third kappa shape index (κ3) is 5.61. The smallest absolute Gasteiger partial charge is 0.251 e. The number of carbonyl (C=O) groups excluding carboxylic acids is 2. The van der Waals surface area contributed by atoms with Crippen LogP contribution in [0.5, 0.6) is 5.75 Å². The second-order valence-corrected chi connectivity index (χ2v) is 8.97. The van der Waals surface area contributed by atoms with Crippen LogP contribution in [0.2, 0.25) is 0 Å². The SMILES string of the molecule is COc1ccc(C(=O)N[C@@H](C)c2nnc(SCC(=O)Nc3nc(C)c(C)s3)n2C)cc1. The fourth-order valence-corrected chi connectivity index (χ4v) is 4.28. The van der Waals surface area contributed by atoms with Gasteiger partial charge in [0.25, 0.3) is 5.91 Å². The summed E-state index contributed by atoms with van der Waals surface area (Å²) < 4.78 is 6.88. The van der Waals surface area contributed by atoms with Crippen molar-refractivity contribution in [3.8, 4) is 5.75 Å². The maximum Gasteiger partial charge on any atom is 0.251 e. The van der Waals surface area contributed by atoms with Gasteiger partial charge in [0.1, 0.15) is 5.75 Å². The lowest BCUT2D eigenvalue weighted by molar-refractivity contribution is -0.113. The Morgan fingerprint density at radius 1 is 1.23 bits per heavy atom. The van der Waals surface area contributed by atoms with Gasteiger partial charge in [-0.2, -0.15) is 0 Å². The molecule has 0 saturated carbocycles. The second kappa shape index (κ2) is 9.92. The molecule has 1 aromatic carbocycles. The molecule has 0 aliphatic heterocycles. The van der Waals surface area contributed by atoms with Crippen molar-refractivity contribution in [1.29, 1.82) is 0 Å². The van der Waals surface area contributed by atoms with E-state index in [1.165, 1.54) is 23.1 Å². The quantitative estimate of drug-likeness (QED) is 0.497. The van der Waals surface area contributed by atoms with Crippen molar-refractivity contribution < 1.29 is 14.3 Å². The lowest BCUT2D eigenvalue weighted by Gasteiger charge is -2.14. The molecule has 3 rings (SSSR count). The summed E-state index contributed by atoms with van der Waals surface area (Å²) in [5, 5.41) is 15.2. The number of anilines is 1. The minimum Gasteiger partial charge on any atom is -0.497 e. The molecule has 2 N–H and O–H groups in total. The number of carbonyl (C=O) groups is 2. The van der Waals surface area contributed by atoms with Gasteiger partial charge in [0, 0.05) is 17.5 Å². The van der Waals surface area contributed by atoms with Crippen molar-refractivity contribution in [2.45, 2.75) is 32.0 Å². The van der Waals surface area contributed by atoms with Gasteiger partial charge in [-0.15, -0.1) is 21.5 Å². The average Bonchev–Trinajstić information content (AvgIpc) is 3.27. The zero-order valence-electron chi connectivity index (χ0n) is 17.9. The fraction of sp³-hybridized carbons (Fsp3) is 0.350. The minimum atomic E-state index is -0.364. The monoisotopic (exact) mass is 460 g/mol. The molecule has 0 aliphatic rings. The molecule has 1 atom stereocenters. The summed E-state index contributed by atoms with van der Waals surface area (Å²) in [6.45, 7) is 5.71. The van der Waals surface area contributed by atoms with Crippen LogP contribution in [0.4, 0.5) is 5.13 Å². The molecule has 2 heterocycles. The molecule has 0 unspecified atom stereocenters. The average molecular weight is 461 g/mol. The Bertz CT molecular complexity index is 1060. The summed E-state index contributed by atoms with van der Waals surface area (Å²) in [5.74, 6) is 1.07. The van der Waals surface area contributed by atoms with E-state index in [4.69, 9.17) is 4.74 Å². The van der Waals surface area contributed by atoms with Gasteiger partial charge in [0.05, 0.1) is 24.6 Å². The van der Waals surface area contributed by atoms with Gasteiger partial charge in [-0.25, -0.2) is 4.98 Å². The highest BCUT2D eigenvalue weighted by Gasteiger charge is 2.19. The first-order chi connectivity index (χ1) is 14.8. The topological polar surface area (TPSA) is 111 Å². The summed E-state index contributed by atoms with van der Waals surface area (Å²) in [7, 11) is 3.38. The van der Waals surface area contributed by atoms with E-state index < -0.39 is 0 Å². The highest BCUT2D eigenvalue weighted by Crippen LogP contribution is 2.23. The Hall–Kier alpha value is -2.92. The summed E-state index contributed by atoms with van der Waals surface area (Å²) in [6.07, 6.45) is 0. The molecule has 164 valence electrons. The van der Waals surface area contributed by atoms with Gasteiger partial charge in [0.15, 0.2) is 16.1 Å². The van der Waals surface area contributed by atoms with Gasteiger partial charge in [-0.3, -0.25) is 9.59 Å². The number of hydrogen-bond donors (Lipinski definition) is 2. The number of methoxy groups -OCH3 is 1. The third-order valence-corrected chi connectivity index (χ3v) is 6.57.